The minimum Gasteiger partial charge on any atom is -0.394 e. The summed E-state index contributed by atoms with van der Waals surface area (Å²) >= 11 is 0. The van der Waals surface area contributed by atoms with Gasteiger partial charge in [0.15, 0.2) is 17.1 Å². The van der Waals surface area contributed by atoms with Crippen molar-refractivity contribution in [1.82, 2.24) is 19.5 Å². The first kappa shape index (κ1) is 13.5. The number of nitrogens with one attached hydrogen (secondary N) is 1. The number of aliphatic hydroxyl groups excluding tert-OH is 2. The molecule has 1 fully saturated rings. The van der Waals surface area contributed by atoms with E-state index >= 15 is 0 Å². The Kier molecular flexibility index (Phi) is 3.31. The van der Waals surface area contributed by atoms with Crippen molar-refractivity contribution >= 4 is 17.1 Å². The Labute approximate surface area is 116 Å². The molecule has 0 amide bonds. The number of nitrogens with zero attached hydrogens (tertiary/aromatic N) is 6. The second-order valence-corrected chi connectivity index (χ2v) is 4.52. The third-order valence-electron chi connectivity index (χ3n) is 3.25. The molecular weight excluding hydrogens is 282 g/mol. The average Bonchev–Trinajstić information content (AvgIpc) is 3.02. The van der Waals surface area contributed by atoms with Crippen molar-refractivity contribution in [3.8, 4) is 0 Å². The summed E-state index contributed by atoms with van der Waals surface area (Å²) in [7, 11) is 0. The van der Waals surface area contributed by atoms with Gasteiger partial charge in [-0.3, -0.25) is 9.36 Å². The van der Waals surface area contributed by atoms with Crippen LogP contribution in [0, 0.1) is 0 Å². The van der Waals surface area contributed by atoms with Crippen LogP contribution >= 0.6 is 0 Å². The lowest BCUT2D eigenvalue weighted by Crippen LogP contribution is -2.24. The molecule has 110 valence electrons. The summed E-state index contributed by atoms with van der Waals surface area (Å²) in [6.45, 7) is -0.317. The number of hydrogen-bond acceptors (Lipinski definition) is 7. The Morgan fingerprint density at radius 1 is 1.67 bits per heavy atom. The Hall–Kier alpha value is -2.46. The zero-order valence-corrected chi connectivity index (χ0v) is 10.6. The predicted octanol–water partition coefficient (Wildman–Crippen LogP) is -0.298. The van der Waals surface area contributed by atoms with E-state index in [1.165, 1.54) is 10.9 Å². The zero-order valence-electron chi connectivity index (χ0n) is 10.6. The van der Waals surface area contributed by atoms with Crippen LogP contribution < -0.4 is 5.56 Å². The number of aromatic amines is 1. The van der Waals surface area contributed by atoms with Crippen molar-refractivity contribution < 1.29 is 14.9 Å². The van der Waals surface area contributed by atoms with Crippen molar-refractivity contribution in [2.75, 3.05) is 6.61 Å². The first-order chi connectivity index (χ1) is 10.1. The SMILES string of the molecule is [N-]=[N+]=Nc1nc2c(ncn2[C@H]2CC(O)[C@@H](CO)O2)c(=O)[nH]1. The number of aliphatic hydroxyl groups is 2. The molecule has 11 nitrogen and oxygen atoms in total. The fraction of sp³-hybridized carbons (Fsp3) is 0.500. The van der Waals surface area contributed by atoms with Crippen LogP contribution in [0.4, 0.5) is 5.95 Å². The van der Waals surface area contributed by atoms with Gasteiger partial charge in [0.1, 0.15) is 12.3 Å². The van der Waals surface area contributed by atoms with E-state index < -0.39 is 24.0 Å². The van der Waals surface area contributed by atoms with Gasteiger partial charge in [-0.25, -0.2) is 9.97 Å². The molecule has 2 aromatic rings. The molecule has 11 heteroatoms. The maximum Gasteiger partial charge on any atom is 0.279 e. The summed E-state index contributed by atoms with van der Waals surface area (Å²) in [6.07, 6.45) is -0.566. The molecular formula is C10H11N7O4. The smallest absolute Gasteiger partial charge is 0.279 e. The Morgan fingerprint density at radius 2 is 2.48 bits per heavy atom. The molecule has 3 atom stereocenters. The molecule has 3 heterocycles. The molecule has 0 saturated carbocycles. The van der Waals surface area contributed by atoms with E-state index in [0.29, 0.717) is 0 Å². The Morgan fingerprint density at radius 3 is 3.14 bits per heavy atom. The van der Waals surface area contributed by atoms with E-state index in [2.05, 4.69) is 25.0 Å². The summed E-state index contributed by atoms with van der Waals surface area (Å²) < 4.78 is 6.94. The number of H-pyrrole nitrogens is 1. The van der Waals surface area contributed by atoms with Gasteiger partial charge in [-0.05, 0) is 10.6 Å². The van der Waals surface area contributed by atoms with Crippen LogP contribution in [0.5, 0.6) is 0 Å². The van der Waals surface area contributed by atoms with Crippen LogP contribution in [0.25, 0.3) is 21.6 Å². The van der Waals surface area contributed by atoms with Gasteiger partial charge in [0, 0.05) is 11.3 Å². The van der Waals surface area contributed by atoms with Gasteiger partial charge >= 0.3 is 0 Å². The van der Waals surface area contributed by atoms with Gasteiger partial charge in [-0.1, -0.05) is 0 Å². The van der Waals surface area contributed by atoms with Gasteiger partial charge in [-0.2, -0.15) is 0 Å². The lowest BCUT2D eigenvalue weighted by molar-refractivity contribution is -0.0432. The van der Waals surface area contributed by atoms with Gasteiger partial charge in [0.2, 0.25) is 0 Å². The molecule has 1 aliphatic heterocycles. The van der Waals surface area contributed by atoms with Crippen molar-refractivity contribution in [1.29, 1.82) is 0 Å². The van der Waals surface area contributed by atoms with Crippen LogP contribution in [-0.2, 0) is 4.74 Å². The first-order valence-corrected chi connectivity index (χ1v) is 6.10. The normalized spacial score (nSPS) is 25.1. The van der Waals surface area contributed by atoms with E-state index in [1.807, 2.05) is 0 Å². The third kappa shape index (κ3) is 2.23. The maximum atomic E-state index is 11.8. The highest BCUT2D eigenvalue weighted by molar-refractivity contribution is 5.70. The van der Waals surface area contributed by atoms with Crippen molar-refractivity contribution in [2.45, 2.75) is 24.9 Å². The molecule has 1 aliphatic rings. The average molecular weight is 293 g/mol. The minimum atomic E-state index is -0.823. The zero-order chi connectivity index (χ0) is 15.0. The van der Waals surface area contributed by atoms with Crippen molar-refractivity contribution in [3.05, 3.63) is 27.1 Å². The highest BCUT2D eigenvalue weighted by Crippen LogP contribution is 2.30. The van der Waals surface area contributed by atoms with Crippen LogP contribution in [0.3, 0.4) is 0 Å². The number of aromatic nitrogens is 4. The number of imidazole rings is 1. The van der Waals surface area contributed by atoms with Crippen LogP contribution in [0.2, 0.25) is 0 Å². The highest BCUT2D eigenvalue weighted by atomic mass is 16.5. The molecule has 3 N–H and O–H groups in total. The lowest BCUT2D eigenvalue weighted by Gasteiger charge is -2.13. The molecule has 21 heavy (non-hydrogen) atoms. The molecule has 0 spiro atoms. The summed E-state index contributed by atoms with van der Waals surface area (Å²) in [5.74, 6) is -0.186. The fourth-order valence-electron chi connectivity index (χ4n) is 2.27. The number of fused-ring (bicyclic) bond motifs is 1. The summed E-state index contributed by atoms with van der Waals surface area (Å²) in [5.41, 5.74) is 8.11. The molecule has 0 radical (unpaired) electrons. The van der Waals surface area contributed by atoms with E-state index in [0.717, 1.165) is 0 Å². The van der Waals surface area contributed by atoms with E-state index in [-0.39, 0.29) is 30.1 Å². The molecule has 2 aromatic heterocycles. The Bertz CT molecular complexity index is 777. The monoisotopic (exact) mass is 293 g/mol. The van der Waals surface area contributed by atoms with E-state index in [1.54, 1.807) is 0 Å². The maximum absolute atomic E-state index is 11.8. The number of hydrogen-bond donors (Lipinski definition) is 3. The molecule has 3 rings (SSSR count). The van der Waals surface area contributed by atoms with Gasteiger partial charge in [0.25, 0.3) is 5.56 Å². The third-order valence-corrected chi connectivity index (χ3v) is 3.25. The molecule has 0 aromatic carbocycles. The fourth-order valence-corrected chi connectivity index (χ4v) is 2.27. The number of rotatable bonds is 3. The Balaban J connectivity index is 2.08. The number of ether oxygens (including phenoxy) is 1. The largest absolute Gasteiger partial charge is 0.394 e. The van der Waals surface area contributed by atoms with Crippen LogP contribution in [0.1, 0.15) is 12.6 Å². The number of azide groups is 1. The summed E-state index contributed by atoms with van der Waals surface area (Å²) in [4.78, 5) is 24.6. The quantitative estimate of drug-likeness (QED) is 0.399. The lowest BCUT2D eigenvalue weighted by atomic mass is 10.2. The van der Waals surface area contributed by atoms with Crippen molar-refractivity contribution in [2.24, 2.45) is 5.11 Å². The topological polar surface area (TPSA) is 162 Å². The van der Waals surface area contributed by atoms with Crippen LogP contribution in [0.15, 0.2) is 16.2 Å². The van der Waals surface area contributed by atoms with Crippen molar-refractivity contribution in [3.63, 3.8) is 0 Å². The summed E-state index contributed by atoms with van der Waals surface area (Å²) in [5, 5.41) is 22.1. The summed E-state index contributed by atoms with van der Waals surface area (Å²) in [6, 6.07) is 0. The molecule has 1 unspecified atom stereocenters. The molecule has 0 bridgehead atoms. The molecule has 0 aliphatic carbocycles. The van der Waals surface area contributed by atoms with Gasteiger partial charge in [0.05, 0.1) is 19.0 Å². The van der Waals surface area contributed by atoms with E-state index in [4.69, 9.17) is 15.4 Å². The van der Waals surface area contributed by atoms with Gasteiger partial charge < -0.3 is 19.9 Å². The minimum absolute atomic E-state index is 0.0671. The second kappa shape index (κ2) is 5.14. The highest BCUT2D eigenvalue weighted by Gasteiger charge is 2.35. The van der Waals surface area contributed by atoms with Crippen LogP contribution in [-0.4, -0.2) is 48.5 Å². The van der Waals surface area contributed by atoms with Gasteiger partial charge in [-0.15, -0.1) is 0 Å². The second-order valence-electron chi connectivity index (χ2n) is 4.52. The standard InChI is InChI=1S/C10H11N7O4/c11-16-15-10-13-8-7(9(20)14-10)12-3-17(8)6-1-4(19)5(2-18)21-6/h3-6,18-19H,1-2H2,(H,13,14,20)/t4?,5-,6-/m1/s1. The predicted molar refractivity (Wildman–Crippen MR) is 68.6 cm³/mol. The van der Waals surface area contributed by atoms with E-state index in [9.17, 15) is 9.90 Å². The first-order valence-electron chi connectivity index (χ1n) is 6.10. The molecule has 1 saturated heterocycles.